The molecule has 98 valence electrons. The lowest BCUT2D eigenvalue weighted by atomic mass is 10.1. The lowest BCUT2D eigenvalue weighted by molar-refractivity contribution is 0.102. The second kappa shape index (κ2) is 5.44. The molecule has 19 heavy (non-hydrogen) atoms. The Morgan fingerprint density at radius 3 is 2.47 bits per heavy atom. The number of rotatable bonds is 3. The van der Waals surface area contributed by atoms with Gasteiger partial charge in [-0.3, -0.25) is 4.79 Å². The van der Waals surface area contributed by atoms with Crippen molar-refractivity contribution < 1.29 is 9.53 Å². The summed E-state index contributed by atoms with van der Waals surface area (Å²) in [6.07, 6.45) is 0. The molecule has 3 N–H and O–H groups in total. The highest BCUT2D eigenvalue weighted by atomic mass is 16.5. The van der Waals surface area contributed by atoms with Crippen LogP contribution < -0.4 is 15.8 Å². The molecule has 2 aromatic rings. The molecule has 4 nitrogen and oxygen atoms in total. The third-order valence-corrected chi connectivity index (χ3v) is 2.77. The number of anilines is 2. The van der Waals surface area contributed by atoms with Crippen LogP contribution in [0.3, 0.4) is 0 Å². The maximum absolute atomic E-state index is 12.2. The molecule has 0 saturated heterocycles. The van der Waals surface area contributed by atoms with E-state index < -0.39 is 0 Å². The van der Waals surface area contributed by atoms with Gasteiger partial charge in [0.2, 0.25) is 0 Å². The number of benzene rings is 2. The predicted molar refractivity (Wildman–Crippen MR) is 76.5 cm³/mol. The number of carbonyl (C=O) groups excluding carboxylic acids is 1. The summed E-state index contributed by atoms with van der Waals surface area (Å²) in [4.78, 5) is 12.2. The Balaban J connectivity index is 2.24. The van der Waals surface area contributed by atoms with Crippen LogP contribution in [0.2, 0.25) is 0 Å². The van der Waals surface area contributed by atoms with E-state index in [2.05, 4.69) is 5.32 Å². The Kier molecular flexibility index (Phi) is 3.71. The van der Waals surface area contributed by atoms with Crippen LogP contribution in [0.5, 0.6) is 5.75 Å². The van der Waals surface area contributed by atoms with Gasteiger partial charge in [0.1, 0.15) is 5.75 Å². The van der Waals surface area contributed by atoms with Crippen molar-refractivity contribution in [2.24, 2.45) is 0 Å². The highest BCUT2D eigenvalue weighted by Gasteiger charge is 2.12. The summed E-state index contributed by atoms with van der Waals surface area (Å²) in [7, 11) is 1.55. The molecule has 0 aliphatic rings. The molecular weight excluding hydrogens is 240 g/mol. The number of carbonyl (C=O) groups is 1. The Hall–Kier alpha value is -2.49. The van der Waals surface area contributed by atoms with Crippen LogP contribution in [0.4, 0.5) is 11.4 Å². The van der Waals surface area contributed by atoms with E-state index in [1.165, 1.54) is 0 Å². The SMILES string of the molecule is COc1ccc(C)cc1C(=O)Nc1ccc(N)cc1. The van der Waals surface area contributed by atoms with E-state index in [-0.39, 0.29) is 5.91 Å². The van der Waals surface area contributed by atoms with Crippen molar-refractivity contribution in [3.8, 4) is 5.75 Å². The molecule has 2 aromatic carbocycles. The molecule has 0 heterocycles. The standard InChI is InChI=1S/C15H16N2O2/c1-10-3-8-14(19-2)13(9-10)15(18)17-12-6-4-11(16)5-7-12/h3-9H,16H2,1-2H3,(H,17,18). The molecule has 0 spiro atoms. The summed E-state index contributed by atoms with van der Waals surface area (Å²) in [5, 5.41) is 2.81. The normalized spacial score (nSPS) is 10.0. The number of hydrogen-bond acceptors (Lipinski definition) is 3. The van der Waals surface area contributed by atoms with Gasteiger partial charge in [0.15, 0.2) is 0 Å². The Bertz CT molecular complexity index is 592. The van der Waals surface area contributed by atoms with Crippen molar-refractivity contribution >= 4 is 17.3 Å². The summed E-state index contributed by atoms with van der Waals surface area (Å²) < 4.78 is 5.20. The molecule has 0 aliphatic carbocycles. The fourth-order valence-electron chi connectivity index (χ4n) is 1.76. The van der Waals surface area contributed by atoms with E-state index in [0.717, 1.165) is 5.56 Å². The van der Waals surface area contributed by atoms with Crippen LogP contribution >= 0.6 is 0 Å². The maximum atomic E-state index is 12.2. The van der Waals surface area contributed by atoms with Gasteiger partial charge in [-0.05, 0) is 43.3 Å². The summed E-state index contributed by atoms with van der Waals surface area (Å²) >= 11 is 0. The minimum absolute atomic E-state index is 0.203. The van der Waals surface area contributed by atoms with Gasteiger partial charge in [0.05, 0.1) is 12.7 Å². The van der Waals surface area contributed by atoms with Crippen LogP contribution in [0.25, 0.3) is 0 Å². The van der Waals surface area contributed by atoms with Crippen LogP contribution in [0, 0.1) is 6.92 Å². The topological polar surface area (TPSA) is 64.3 Å². The fraction of sp³-hybridized carbons (Fsp3) is 0.133. The largest absolute Gasteiger partial charge is 0.496 e. The first-order valence-electron chi connectivity index (χ1n) is 5.91. The first kappa shape index (κ1) is 13.0. The summed E-state index contributed by atoms with van der Waals surface area (Å²) in [5.74, 6) is 0.351. The van der Waals surface area contributed by atoms with Gasteiger partial charge in [-0.15, -0.1) is 0 Å². The zero-order chi connectivity index (χ0) is 13.8. The molecule has 0 atom stereocenters. The molecule has 0 aliphatic heterocycles. The second-order valence-corrected chi connectivity index (χ2v) is 4.28. The number of nitrogens with one attached hydrogen (secondary N) is 1. The van der Waals surface area contributed by atoms with Crippen LogP contribution in [-0.2, 0) is 0 Å². The van der Waals surface area contributed by atoms with E-state index >= 15 is 0 Å². The number of aryl methyl sites for hydroxylation is 1. The molecular formula is C15H16N2O2. The highest BCUT2D eigenvalue weighted by molar-refractivity contribution is 6.06. The number of ether oxygens (including phenoxy) is 1. The van der Waals surface area contributed by atoms with E-state index in [0.29, 0.717) is 22.7 Å². The van der Waals surface area contributed by atoms with Crippen molar-refractivity contribution in [1.82, 2.24) is 0 Å². The third-order valence-electron chi connectivity index (χ3n) is 2.77. The van der Waals surface area contributed by atoms with Gasteiger partial charge in [0, 0.05) is 11.4 Å². The predicted octanol–water partition coefficient (Wildman–Crippen LogP) is 2.84. The second-order valence-electron chi connectivity index (χ2n) is 4.28. The summed E-state index contributed by atoms with van der Waals surface area (Å²) in [5.41, 5.74) is 8.47. The van der Waals surface area contributed by atoms with Gasteiger partial charge in [-0.25, -0.2) is 0 Å². The minimum Gasteiger partial charge on any atom is -0.496 e. The Morgan fingerprint density at radius 2 is 1.84 bits per heavy atom. The lowest BCUT2D eigenvalue weighted by Crippen LogP contribution is -2.13. The Morgan fingerprint density at radius 1 is 1.16 bits per heavy atom. The molecule has 0 radical (unpaired) electrons. The first-order valence-corrected chi connectivity index (χ1v) is 5.91. The maximum Gasteiger partial charge on any atom is 0.259 e. The number of methoxy groups -OCH3 is 1. The zero-order valence-corrected chi connectivity index (χ0v) is 10.9. The molecule has 0 aromatic heterocycles. The van der Waals surface area contributed by atoms with Gasteiger partial charge in [-0.2, -0.15) is 0 Å². The minimum atomic E-state index is -0.203. The molecule has 2 rings (SSSR count). The zero-order valence-electron chi connectivity index (χ0n) is 10.9. The molecule has 0 saturated carbocycles. The van der Waals surface area contributed by atoms with Crippen molar-refractivity contribution in [1.29, 1.82) is 0 Å². The van der Waals surface area contributed by atoms with E-state index in [4.69, 9.17) is 10.5 Å². The molecule has 0 unspecified atom stereocenters. The number of nitrogens with two attached hydrogens (primary N) is 1. The highest BCUT2D eigenvalue weighted by Crippen LogP contribution is 2.21. The monoisotopic (exact) mass is 256 g/mol. The smallest absolute Gasteiger partial charge is 0.259 e. The van der Waals surface area contributed by atoms with Crippen molar-refractivity contribution in [2.45, 2.75) is 6.92 Å². The van der Waals surface area contributed by atoms with Crippen molar-refractivity contribution in [3.05, 3.63) is 53.6 Å². The van der Waals surface area contributed by atoms with Gasteiger partial charge in [-0.1, -0.05) is 11.6 Å². The average molecular weight is 256 g/mol. The van der Waals surface area contributed by atoms with Crippen molar-refractivity contribution in [2.75, 3.05) is 18.2 Å². The average Bonchev–Trinajstić information content (AvgIpc) is 2.41. The quantitative estimate of drug-likeness (QED) is 0.830. The molecule has 0 fully saturated rings. The van der Waals surface area contributed by atoms with Gasteiger partial charge in [0.25, 0.3) is 5.91 Å². The van der Waals surface area contributed by atoms with Crippen LogP contribution in [-0.4, -0.2) is 13.0 Å². The number of amides is 1. The van der Waals surface area contributed by atoms with Crippen LogP contribution in [0.15, 0.2) is 42.5 Å². The number of nitrogen functional groups attached to an aromatic ring is 1. The summed E-state index contributed by atoms with van der Waals surface area (Å²) in [6, 6.07) is 12.5. The third kappa shape index (κ3) is 3.04. The molecule has 0 bridgehead atoms. The summed E-state index contributed by atoms with van der Waals surface area (Å²) in [6.45, 7) is 1.93. The number of hydrogen-bond donors (Lipinski definition) is 2. The van der Waals surface area contributed by atoms with E-state index in [1.54, 1.807) is 43.5 Å². The fourth-order valence-corrected chi connectivity index (χ4v) is 1.76. The van der Waals surface area contributed by atoms with Crippen molar-refractivity contribution in [3.63, 3.8) is 0 Å². The van der Waals surface area contributed by atoms with Crippen LogP contribution in [0.1, 0.15) is 15.9 Å². The van der Waals surface area contributed by atoms with E-state index in [9.17, 15) is 4.79 Å². The van der Waals surface area contributed by atoms with Gasteiger partial charge < -0.3 is 15.8 Å². The molecule has 4 heteroatoms. The van der Waals surface area contributed by atoms with E-state index in [1.807, 2.05) is 13.0 Å². The van der Waals surface area contributed by atoms with Gasteiger partial charge >= 0.3 is 0 Å². The molecule has 1 amide bonds. The lowest BCUT2D eigenvalue weighted by Gasteiger charge is -2.10. The Labute approximate surface area is 112 Å². The first-order chi connectivity index (χ1) is 9.10.